The van der Waals surface area contributed by atoms with E-state index in [1.54, 1.807) is 6.92 Å². The van der Waals surface area contributed by atoms with Gasteiger partial charge in [-0.05, 0) is 13.8 Å². The lowest BCUT2D eigenvalue weighted by Crippen LogP contribution is -2.41. The van der Waals surface area contributed by atoms with Crippen LogP contribution < -0.4 is 5.32 Å². The van der Waals surface area contributed by atoms with Crippen LogP contribution in [-0.2, 0) is 9.53 Å². The molecule has 0 saturated heterocycles. The Balaban J connectivity index is 3.72. The summed E-state index contributed by atoms with van der Waals surface area (Å²) in [6, 6.07) is -0.691. The predicted octanol–water partition coefficient (Wildman–Crippen LogP) is 0.154. The molecular formula is C8H15F2NO3. The molecule has 2 N–H and O–H groups in total. The maximum absolute atomic E-state index is 11.8. The molecule has 0 aliphatic rings. The Morgan fingerprint density at radius 1 is 1.57 bits per heavy atom. The normalized spacial score (nSPS) is 15.3. The molecular weight excluding hydrogens is 196 g/mol. The van der Waals surface area contributed by atoms with E-state index in [4.69, 9.17) is 5.11 Å². The van der Waals surface area contributed by atoms with E-state index in [1.807, 2.05) is 0 Å². The Kier molecular flexibility index (Phi) is 6.31. The minimum absolute atomic E-state index is 0.238. The van der Waals surface area contributed by atoms with Gasteiger partial charge in [-0.25, -0.2) is 8.78 Å². The van der Waals surface area contributed by atoms with E-state index < -0.39 is 24.5 Å². The lowest BCUT2D eigenvalue weighted by Gasteiger charge is -2.15. The van der Waals surface area contributed by atoms with E-state index in [-0.39, 0.29) is 13.2 Å². The molecule has 0 amide bonds. The van der Waals surface area contributed by atoms with E-state index in [1.165, 1.54) is 6.92 Å². The van der Waals surface area contributed by atoms with E-state index in [9.17, 15) is 13.6 Å². The highest BCUT2D eigenvalue weighted by Crippen LogP contribution is 1.99. The second-order valence-electron chi connectivity index (χ2n) is 2.78. The van der Waals surface area contributed by atoms with Crippen molar-refractivity contribution >= 4 is 5.97 Å². The van der Waals surface area contributed by atoms with Gasteiger partial charge in [0.25, 0.3) is 6.43 Å². The molecule has 0 radical (unpaired) electrons. The highest BCUT2D eigenvalue weighted by Gasteiger charge is 2.19. The standard InChI is InChI=1S/C8H15F2NO3/c1-3-14-8(13)5(2)11-4-6(12)7(9)10/h5-7,11-12H,3-4H2,1-2H3. The summed E-state index contributed by atoms with van der Waals surface area (Å²) in [7, 11) is 0. The average Bonchev–Trinajstić information content (AvgIpc) is 2.13. The first-order chi connectivity index (χ1) is 6.49. The van der Waals surface area contributed by atoms with Crippen molar-refractivity contribution in [2.45, 2.75) is 32.4 Å². The van der Waals surface area contributed by atoms with Crippen molar-refractivity contribution in [2.75, 3.05) is 13.2 Å². The lowest BCUT2D eigenvalue weighted by molar-refractivity contribution is -0.145. The summed E-state index contributed by atoms with van der Waals surface area (Å²) in [5.41, 5.74) is 0. The number of ether oxygens (including phenoxy) is 1. The molecule has 0 aliphatic heterocycles. The van der Waals surface area contributed by atoms with Crippen molar-refractivity contribution in [3.8, 4) is 0 Å². The zero-order chi connectivity index (χ0) is 11.1. The van der Waals surface area contributed by atoms with Crippen molar-refractivity contribution in [3.63, 3.8) is 0 Å². The van der Waals surface area contributed by atoms with Crippen LogP contribution in [0.2, 0.25) is 0 Å². The van der Waals surface area contributed by atoms with Gasteiger partial charge in [-0.1, -0.05) is 0 Å². The molecule has 14 heavy (non-hydrogen) atoms. The maximum Gasteiger partial charge on any atom is 0.322 e. The Bertz CT molecular complexity index is 178. The van der Waals surface area contributed by atoms with Gasteiger partial charge in [-0.3, -0.25) is 4.79 Å². The summed E-state index contributed by atoms with van der Waals surface area (Å²) in [6.45, 7) is 3.04. The van der Waals surface area contributed by atoms with Crippen molar-refractivity contribution < 1.29 is 23.4 Å². The van der Waals surface area contributed by atoms with Crippen molar-refractivity contribution in [3.05, 3.63) is 0 Å². The zero-order valence-electron chi connectivity index (χ0n) is 8.17. The highest BCUT2D eigenvalue weighted by molar-refractivity contribution is 5.75. The number of nitrogens with one attached hydrogen (secondary N) is 1. The van der Waals surface area contributed by atoms with Crippen molar-refractivity contribution in [2.24, 2.45) is 0 Å². The molecule has 0 fully saturated rings. The Morgan fingerprint density at radius 2 is 2.14 bits per heavy atom. The molecule has 84 valence electrons. The first kappa shape index (κ1) is 13.2. The van der Waals surface area contributed by atoms with Crippen LogP contribution in [0.5, 0.6) is 0 Å². The summed E-state index contributed by atoms with van der Waals surface area (Å²) in [5, 5.41) is 11.2. The van der Waals surface area contributed by atoms with Gasteiger partial charge in [0, 0.05) is 6.54 Å². The number of rotatable bonds is 6. The van der Waals surface area contributed by atoms with Crippen LogP contribution in [0.25, 0.3) is 0 Å². The number of hydrogen-bond donors (Lipinski definition) is 2. The molecule has 4 nitrogen and oxygen atoms in total. The second kappa shape index (κ2) is 6.67. The fourth-order valence-corrected chi connectivity index (χ4v) is 0.737. The van der Waals surface area contributed by atoms with Crippen LogP contribution in [0.3, 0.4) is 0 Å². The molecule has 0 heterocycles. The Hall–Kier alpha value is -0.750. The molecule has 0 rings (SSSR count). The smallest absolute Gasteiger partial charge is 0.322 e. The largest absolute Gasteiger partial charge is 0.465 e. The van der Waals surface area contributed by atoms with Gasteiger partial charge in [0.2, 0.25) is 0 Å². The average molecular weight is 211 g/mol. The topological polar surface area (TPSA) is 58.6 Å². The molecule has 0 aromatic carbocycles. The number of carbonyl (C=O) groups is 1. The Labute approximate surface area is 81.2 Å². The predicted molar refractivity (Wildman–Crippen MR) is 46.1 cm³/mol. The lowest BCUT2D eigenvalue weighted by atomic mass is 10.3. The molecule has 0 aromatic heterocycles. The van der Waals surface area contributed by atoms with E-state index in [0.29, 0.717) is 0 Å². The third-order valence-corrected chi connectivity index (χ3v) is 1.56. The molecule has 0 spiro atoms. The number of aliphatic hydroxyl groups is 1. The molecule has 0 aliphatic carbocycles. The fraction of sp³-hybridized carbons (Fsp3) is 0.875. The third-order valence-electron chi connectivity index (χ3n) is 1.56. The summed E-state index contributed by atoms with van der Waals surface area (Å²) < 4.78 is 28.3. The van der Waals surface area contributed by atoms with Crippen LogP contribution in [0.15, 0.2) is 0 Å². The molecule has 2 atom stereocenters. The first-order valence-corrected chi connectivity index (χ1v) is 4.35. The minimum atomic E-state index is -2.81. The number of esters is 1. The van der Waals surface area contributed by atoms with Crippen molar-refractivity contribution in [1.29, 1.82) is 0 Å². The quantitative estimate of drug-likeness (QED) is 0.614. The molecule has 0 aromatic rings. The molecule has 6 heteroatoms. The van der Waals surface area contributed by atoms with Gasteiger partial charge in [0.05, 0.1) is 6.61 Å². The second-order valence-corrected chi connectivity index (χ2v) is 2.78. The van der Waals surface area contributed by atoms with Gasteiger partial charge in [0.15, 0.2) is 0 Å². The first-order valence-electron chi connectivity index (χ1n) is 4.35. The van der Waals surface area contributed by atoms with Crippen LogP contribution >= 0.6 is 0 Å². The van der Waals surface area contributed by atoms with Crippen LogP contribution in [0, 0.1) is 0 Å². The molecule has 0 saturated carbocycles. The van der Waals surface area contributed by atoms with Gasteiger partial charge >= 0.3 is 5.97 Å². The van der Waals surface area contributed by atoms with Gasteiger partial charge in [0.1, 0.15) is 12.1 Å². The monoisotopic (exact) mass is 211 g/mol. The van der Waals surface area contributed by atoms with Crippen LogP contribution in [-0.4, -0.2) is 42.8 Å². The minimum Gasteiger partial charge on any atom is -0.465 e. The Morgan fingerprint density at radius 3 is 2.57 bits per heavy atom. The maximum atomic E-state index is 11.8. The van der Waals surface area contributed by atoms with Crippen LogP contribution in [0.4, 0.5) is 8.78 Å². The highest BCUT2D eigenvalue weighted by atomic mass is 19.3. The fourth-order valence-electron chi connectivity index (χ4n) is 0.737. The van der Waals surface area contributed by atoms with E-state index in [0.717, 1.165) is 0 Å². The summed E-state index contributed by atoms with van der Waals surface area (Å²) in [4.78, 5) is 11.0. The zero-order valence-corrected chi connectivity index (χ0v) is 8.17. The summed E-state index contributed by atoms with van der Waals surface area (Å²) in [6.07, 6.45) is -4.57. The number of carbonyl (C=O) groups excluding carboxylic acids is 1. The summed E-state index contributed by atoms with van der Waals surface area (Å²) >= 11 is 0. The SMILES string of the molecule is CCOC(=O)C(C)NCC(O)C(F)F. The van der Waals surface area contributed by atoms with Gasteiger partial charge in [-0.15, -0.1) is 0 Å². The number of hydrogen-bond acceptors (Lipinski definition) is 4. The summed E-state index contributed by atoms with van der Waals surface area (Å²) in [5.74, 6) is -0.519. The van der Waals surface area contributed by atoms with Gasteiger partial charge < -0.3 is 15.2 Å². The van der Waals surface area contributed by atoms with Gasteiger partial charge in [-0.2, -0.15) is 0 Å². The van der Waals surface area contributed by atoms with E-state index in [2.05, 4.69) is 10.1 Å². The van der Waals surface area contributed by atoms with Crippen molar-refractivity contribution in [1.82, 2.24) is 5.32 Å². The number of aliphatic hydroxyl groups excluding tert-OH is 1. The molecule has 2 unspecified atom stereocenters. The van der Waals surface area contributed by atoms with Crippen LogP contribution in [0.1, 0.15) is 13.8 Å². The number of halogens is 2. The van der Waals surface area contributed by atoms with E-state index >= 15 is 0 Å². The number of alkyl halides is 2. The molecule has 0 bridgehead atoms. The third kappa shape index (κ3) is 5.08.